The summed E-state index contributed by atoms with van der Waals surface area (Å²) in [7, 11) is 2.01. The lowest BCUT2D eigenvalue weighted by molar-refractivity contribution is 0.518. The van der Waals surface area contributed by atoms with Crippen molar-refractivity contribution in [2.45, 2.75) is 38.8 Å². The van der Waals surface area contributed by atoms with Crippen LogP contribution in [-0.2, 0) is 20.0 Å². The van der Waals surface area contributed by atoms with Crippen LogP contribution in [0.2, 0.25) is 0 Å². The smallest absolute Gasteiger partial charge is 0.0767 e. The second-order valence-corrected chi connectivity index (χ2v) is 5.00. The van der Waals surface area contributed by atoms with Crippen LogP contribution < -0.4 is 5.32 Å². The summed E-state index contributed by atoms with van der Waals surface area (Å²) in [6.45, 7) is 3.02. The third kappa shape index (κ3) is 2.38. The van der Waals surface area contributed by atoms with Gasteiger partial charge >= 0.3 is 0 Å². The summed E-state index contributed by atoms with van der Waals surface area (Å²) in [4.78, 5) is 0. The molecule has 0 saturated carbocycles. The Kier molecular flexibility index (Phi) is 3.82. The monoisotopic (exact) mass is 283 g/mol. The summed E-state index contributed by atoms with van der Waals surface area (Å²) in [6.07, 6.45) is 7.76. The molecule has 0 fully saturated rings. The first kappa shape index (κ1) is 11.9. The van der Waals surface area contributed by atoms with Crippen molar-refractivity contribution in [1.82, 2.24) is 15.1 Å². The SMILES string of the molecule is CCc1nn(C)c(CNC2CC=CC2)c1Br. The predicted molar refractivity (Wildman–Crippen MR) is 69.3 cm³/mol. The van der Waals surface area contributed by atoms with Crippen LogP contribution in [0.1, 0.15) is 31.2 Å². The average molecular weight is 284 g/mol. The molecule has 0 saturated heterocycles. The lowest BCUT2D eigenvalue weighted by atomic mass is 10.2. The topological polar surface area (TPSA) is 29.9 Å². The largest absolute Gasteiger partial charge is 0.308 e. The van der Waals surface area contributed by atoms with Gasteiger partial charge in [-0.1, -0.05) is 19.1 Å². The molecule has 4 heteroatoms. The van der Waals surface area contributed by atoms with Crippen LogP contribution in [0.3, 0.4) is 0 Å². The Balaban J connectivity index is 2.00. The van der Waals surface area contributed by atoms with Gasteiger partial charge in [-0.05, 0) is 35.2 Å². The lowest BCUT2D eigenvalue weighted by Gasteiger charge is -2.12. The summed E-state index contributed by atoms with van der Waals surface area (Å²) in [5.74, 6) is 0. The van der Waals surface area contributed by atoms with E-state index in [1.54, 1.807) is 0 Å². The van der Waals surface area contributed by atoms with Crippen LogP contribution in [-0.4, -0.2) is 15.8 Å². The fourth-order valence-corrected chi connectivity index (χ4v) is 2.79. The first-order valence-electron chi connectivity index (χ1n) is 5.81. The van der Waals surface area contributed by atoms with Gasteiger partial charge in [0.05, 0.1) is 15.9 Å². The molecule has 0 aliphatic heterocycles. The van der Waals surface area contributed by atoms with Gasteiger partial charge < -0.3 is 5.32 Å². The van der Waals surface area contributed by atoms with E-state index in [0.717, 1.165) is 36.0 Å². The Hall–Kier alpha value is -0.610. The van der Waals surface area contributed by atoms with Gasteiger partial charge in [0, 0.05) is 19.6 Å². The van der Waals surface area contributed by atoms with Gasteiger partial charge in [0.2, 0.25) is 0 Å². The zero-order chi connectivity index (χ0) is 11.5. The van der Waals surface area contributed by atoms with Crippen molar-refractivity contribution < 1.29 is 0 Å². The molecule has 1 heterocycles. The molecule has 0 spiro atoms. The van der Waals surface area contributed by atoms with E-state index in [9.17, 15) is 0 Å². The molecule has 0 radical (unpaired) electrons. The van der Waals surface area contributed by atoms with E-state index in [1.165, 1.54) is 5.69 Å². The quantitative estimate of drug-likeness (QED) is 0.861. The molecule has 1 aromatic rings. The molecule has 1 aromatic heterocycles. The molecule has 0 aromatic carbocycles. The number of halogens is 1. The van der Waals surface area contributed by atoms with Crippen molar-refractivity contribution in [3.8, 4) is 0 Å². The second kappa shape index (κ2) is 5.15. The molecule has 0 bridgehead atoms. The van der Waals surface area contributed by atoms with Gasteiger partial charge in [-0.25, -0.2) is 0 Å². The second-order valence-electron chi connectivity index (χ2n) is 4.21. The van der Waals surface area contributed by atoms with Gasteiger partial charge in [-0.3, -0.25) is 4.68 Å². The van der Waals surface area contributed by atoms with Gasteiger partial charge in [0.25, 0.3) is 0 Å². The van der Waals surface area contributed by atoms with Crippen LogP contribution in [0.4, 0.5) is 0 Å². The highest BCUT2D eigenvalue weighted by atomic mass is 79.9. The van der Waals surface area contributed by atoms with Crippen LogP contribution in [0, 0.1) is 0 Å². The molecule has 0 amide bonds. The van der Waals surface area contributed by atoms with Crippen molar-refractivity contribution in [2.24, 2.45) is 7.05 Å². The van der Waals surface area contributed by atoms with Crippen molar-refractivity contribution in [3.63, 3.8) is 0 Å². The number of nitrogens with one attached hydrogen (secondary N) is 1. The van der Waals surface area contributed by atoms with E-state index in [1.807, 2.05) is 11.7 Å². The van der Waals surface area contributed by atoms with E-state index in [-0.39, 0.29) is 0 Å². The minimum absolute atomic E-state index is 0.604. The zero-order valence-corrected chi connectivity index (χ0v) is 11.4. The fraction of sp³-hybridized carbons (Fsp3) is 0.583. The van der Waals surface area contributed by atoms with Crippen LogP contribution in [0.25, 0.3) is 0 Å². The average Bonchev–Trinajstić information content (AvgIpc) is 2.86. The third-order valence-electron chi connectivity index (χ3n) is 3.07. The maximum atomic E-state index is 4.49. The molecule has 0 unspecified atom stereocenters. The highest BCUT2D eigenvalue weighted by molar-refractivity contribution is 9.10. The Morgan fingerprint density at radius 2 is 2.19 bits per heavy atom. The van der Waals surface area contributed by atoms with Gasteiger partial charge in [0.1, 0.15) is 0 Å². The minimum atomic E-state index is 0.604. The number of aryl methyl sites for hydroxylation is 2. The summed E-state index contributed by atoms with van der Waals surface area (Å²) in [6, 6.07) is 0.604. The first-order chi connectivity index (χ1) is 7.72. The predicted octanol–water partition coefficient (Wildman–Crippen LogP) is 2.55. The van der Waals surface area contributed by atoms with Crippen LogP contribution in [0.15, 0.2) is 16.6 Å². The van der Waals surface area contributed by atoms with Gasteiger partial charge in [-0.15, -0.1) is 0 Å². The number of nitrogens with zero attached hydrogens (tertiary/aromatic N) is 2. The molecule has 0 atom stereocenters. The van der Waals surface area contributed by atoms with Crippen LogP contribution >= 0.6 is 15.9 Å². The Morgan fingerprint density at radius 3 is 2.75 bits per heavy atom. The highest BCUT2D eigenvalue weighted by Gasteiger charge is 2.14. The Morgan fingerprint density at radius 1 is 1.50 bits per heavy atom. The van der Waals surface area contributed by atoms with Crippen molar-refractivity contribution in [2.75, 3.05) is 0 Å². The van der Waals surface area contributed by atoms with E-state index < -0.39 is 0 Å². The molecule has 16 heavy (non-hydrogen) atoms. The standard InChI is InChI=1S/C12H18BrN3/c1-3-10-12(13)11(16(2)15-10)8-14-9-6-4-5-7-9/h4-5,9,14H,3,6-8H2,1-2H3. The molecule has 88 valence electrons. The molecule has 3 nitrogen and oxygen atoms in total. The van der Waals surface area contributed by atoms with Gasteiger partial charge in [0.15, 0.2) is 0 Å². The zero-order valence-electron chi connectivity index (χ0n) is 9.83. The molecular weight excluding hydrogens is 266 g/mol. The number of aromatic nitrogens is 2. The van der Waals surface area contributed by atoms with E-state index in [0.29, 0.717) is 6.04 Å². The molecule has 2 rings (SSSR count). The van der Waals surface area contributed by atoms with Gasteiger partial charge in [-0.2, -0.15) is 5.10 Å². The number of hydrogen-bond acceptors (Lipinski definition) is 2. The first-order valence-corrected chi connectivity index (χ1v) is 6.60. The Bertz CT molecular complexity index is 387. The van der Waals surface area contributed by atoms with Crippen molar-refractivity contribution in [3.05, 3.63) is 28.0 Å². The highest BCUT2D eigenvalue weighted by Crippen LogP contribution is 2.22. The summed E-state index contributed by atoms with van der Waals surface area (Å²) >= 11 is 3.63. The third-order valence-corrected chi connectivity index (χ3v) is 3.98. The van der Waals surface area contributed by atoms with Crippen LogP contribution in [0.5, 0.6) is 0 Å². The van der Waals surface area contributed by atoms with E-state index in [4.69, 9.17) is 0 Å². The normalized spacial score (nSPS) is 16.2. The molecule has 1 N–H and O–H groups in total. The van der Waals surface area contributed by atoms with Crippen molar-refractivity contribution >= 4 is 15.9 Å². The summed E-state index contributed by atoms with van der Waals surface area (Å²) in [5.41, 5.74) is 2.38. The Labute approximate surface area is 105 Å². The number of hydrogen-bond donors (Lipinski definition) is 1. The maximum absolute atomic E-state index is 4.49. The summed E-state index contributed by atoms with van der Waals surface area (Å²) < 4.78 is 3.13. The summed E-state index contributed by atoms with van der Waals surface area (Å²) in [5, 5.41) is 8.05. The minimum Gasteiger partial charge on any atom is -0.308 e. The molecular formula is C12H18BrN3. The molecule has 1 aliphatic rings. The lowest BCUT2D eigenvalue weighted by Crippen LogP contribution is -2.26. The fourth-order valence-electron chi connectivity index (χ4n) is 2.04. The number of rotatable bonds is 4. The van der Waals surface area contributed by atoms with E-state index >= 15 is 0 Å². The molecule has 1 aliphatic carbocycles. The van der Waals surface area contributed by atoms with Crippen molar-refractivity contribution in [1.29, 1.82) is 0 Å². The maximum Gasteiger partial charge on any atom is 0.0767 e. The van der Waals surface area contributed by atoms with E-state index in [2.05, 4.69) is 45.4 Å².